The standard InChI is InChI=1S/C30H36ClNO5.ClH/c1-6-7-30(37-23-12-9-22(31)10-13-23)32-15-14-20-17-28(35-4)29(36-5)19-25(20)26(32)16-21-8-11-24(33-2)18-27(21)34-3;/h8-13,17-19,26,30H,6-7,14-16H2,1-5H3;1H. The third-order valence-corrected chi connectivity index (χ3v) is 7.19. The number of halogens is 2. The Morgan fingerprint density at radius 3 is 2.13 bits per heavy atom. The topological polar surface area (TPSA) is 49.4 Å². The van der Waals surface area contributed by atoms with Gasteiger partial charge in [0.05, 0.1) is 28.4 Å². The Hall–Kier alpha value is -2.80. The van der Waals surface area contributed by atoms with Gasteiger partial charge in [-0.2, -0.15) is 0 Å². The lowest BCUT2D eigenvalue weighted by Gasteiger charge is -2.42. The van der Waals surface area contributed by atoms with Crippen LogP contribution in [0.4, 0.5) is 0 Å². The molecule has 0 aliphatic carbocycles. The third-order valence-electron chi connectivity index (χ3n) is 6.94. The largest absolute Gasteiger partial charge is 0.497 e. The first kappa shape index (κ1) is 29.8. The Morgan fingerprint density at radius 1 is 0.842 bits per heavy atom. The van der Waals surface area contributed by atoms with Crippen molar-refractivity contribution in [3.8, 4) is 28.7 Å². The van der Waals surface area contributed by atoms with Gasteiger partial charge in [-0.25, -0.2) is 0 Å². The molecule has 0 saturated carbocycles. The van der Waals surface area contributed by atoms with Gasteiger partial charge < -0.3 is 23.7 Å². The molecule has 0 aromatic heterocycles. The van der Waals surface area contributed by atoms with Crippen molar-refractivity contribution in [2.45, 2.75) is 44.9 Å². The van der Waals surface area contributed by atoms with Crippen LogP contribution in [0.1, 0.15) is 42.5 Å². The van der Waals surface area contributed by atoms with Gasteiger partial charge in [-0.1, -0.05) is 31.0 Å². The average molecular weight is 563 g/mol. The summed E-state index contributed by atoms with van der Waals surface area (Å²) in [5.41, 5.74) is 3.57. The molecule has 0 spiro atoms. The smallest absolute Gasteiger partial charge is 0.161 e. The maximum atomic E-state index is 6.59. The molecule has 6 nitrogen and oxygen atoms in total. The van der Waals surface area contributed by atoms with E-state index >= 15 is 0 Å². The fourth-order valence-electron chi connectivity index (χ4n) is 5.06. The van der Waals surface area contributed by atoms with E-state index in [1.807, 2.05) is 36.4 Å². The molecule has 3 aromatic carbocycles. The van der Waals surface area contributed by atoms with Crippen LogP contribution in [0.3, 0.4) is 0 Å². The number of fused-ring (bicyclic) bond motifs is 1. The van der Waals surface area contributed by atoms with Crippen molar-refractivity contribution in [3.63, 3.8) is 0 Å². The highest BCUT2D eigenvalue weighted by Crippen LogP contribution is 2.42. The Kier molecular flexibility index (Phi) is 10.8. The molecule has 1 heterocycles. The SMILES string of the molecule is CCCC(Oc1ccc(Cl)cc1)N1CCc2cc(OC)c(OC)cc2C1Cc1ccc(OC)cc1OC.Cl. The van der Waals surface area contributed by atoms with Crippen LogP contribution in [0, 0.1) is 0 Å². The summed E-state index contributed by atoms with van der Waals surface area (Å²) >= 11 is 6.12. The van der Waals surface area contributed by atoms with E-state index in [1.54, 1.807) is 28.4 Å². The number of nitrogens with zero attached hydrogens (tertiary/aromatic N) is 1. The normalized spacial score (nSPS) is 15.6. The number of methoxy groups -OCH3 is 4. The maximum absolute atomic E-state index is 6.59. The summed E-state index contributed by atoms with van der Waals surface area (Å²) in [6.45, 7) is 3.04. The van der Waals surface area contributed by atoms with Crippen molar-refractivity contribution in [1.29, 1.82) is 0 Å². The highest BCUT2D eigenvalue weighted by molar-refractivity contribution is 6.30. The molecule has 1 aliphatic heterocycles. The Labute approximate surface area is 237 Å². The van der Waals surface area contributed by atoms with Crippen molar-refractivity contribution in [3.05, 3.63) is 76.3 Å². The number of benzene rings is 3. The molecule has 206 valence electrons. The molecule has 3 aromatic rings. The van der Waals surface area contributed by atoms with Gasteiger partial charge >= 0.3 is 0 Å². The average Bonchev–Trinajstić information content (AvgIpc) is 2.93. The molecule has 38 heavy (non-hydrogen) atoms. The van der Waals surface area contributed by atoms with Crippen LogP contribution in [0.5, 0.6) is 28.7 Å². The van der Waals surface area contributed by atoms with E-state index < -0.39 is 0 Å². The quantitative estimate of drug-likeness (QED) is 0.248. The van der Waals surface area contributed by atoms with E-state index in [2.05, 4.69) is 30.0 Å². The number of rotatable bonds is 11. The minimum atomic E-state index is -0.110. The van der Waals surface area contributed by atoms with Crippen LogP contribution in [0.15, 0.2) is 54.6 Å². The van der Waals surface area contributed by atoms with Crippen molar-refractivity contribution < 1.29 is 23.7 Å². The maximum Gasteiger partial charge on any atom is 0.161 e. The molecule has 2 atom stereocenters. The molecule has 0 fully saturated rings. The lowest BCUT2D eigenvalue weighted by molar-refractivity contribution is -0.0179. The summed E-state index contributed by atoms with van der Waals surface area (Å²) < 4.78 is 29.1. The summed E-state index contributed by atoms with van der Waals surface area (Å²) in [7, 11) is 6.71. The molecule has 1 aliphatic rings. The zero-order valence-electron chi connectivity index (χ0n) is 22.7. The molecule has 8 heteroatoms. The second-order valence-corrected chi connectivity index (χ2v) is 9.54. The Morgan fingerprint density at radius 2 is 1.50 bits per heavy atom. The van der Waals surface area contributed by atoms with Crippen LogP contribution < -0.4 is 23.7 Å². The second kappa shape index (κ2) is 13.8. The first-order chi connectivity index (χ1) is 18.0. The summed E-state index contributed by atoms with van der Waals surface area (Å²) in [5, 5.41) is 0.691. The Balaban J connectivity index is 0.00000400. The molecule has 0 N–H and O–H groups in total. The second-order valence-electron chi connectivity index (χ2n) is 9.11. The fourth-order valence-corrected chi connectivity index (χ4v) is 5.18. The number of hydrogen-bond acceptors (Lipinski definition) is 6. The predicted molar refractivity (Wildman–Crippen MR) is 154 cm³/mol. The molecule has 0 radical (unpaired) electrons. The minimum absolute atomic E-state index is 0. The third kappa shape index (κ3) is 6.60. The zero-order chi connectivity index (χ0) is 26.4. The van der Waals surface area contributed by atoms with Gasteiger partial charge in [0.2, 0.25) is 0 Å². The van der Waals surface area contributed by atoms with E-state index in [4.69, 9.17) is 35.3 Å². The minimum Gasteiger partial charge on any atom is -0.497 e. The highest BCUT2D eigenvalue weighted by atomic mass is 35.5. The van der Waals surface area contributed by atoms with Crippen LogP contribution in [0.25, 0.3) is 0 Å². The summed E-state index contributed by atoms with van der Waals surface area (Å²) in [6, 6.07) is 17.8. The first-order valence-electron chi connectivity index (χ1n) is 12.6. The van der Waals surface area contributed by atoms with E-state index in [-0.39, 0.29) is 24.7 Å². The van der Waals surface area contributed by atoms with E-state index in [0.717, 1.165) is 66.5 Å². The molecule has 0 amide bonds. The predicted octanol–water partition coefficient (Wildman–Crippen LogP) is 7.14. The molecule has 0 saturated heterocycles. The monoisotopic (exact) mass is 561 g/mol. The van der Waals surface area contributed by atoms with Crippen LogP contribution >= 0.6 is 24.0 Å². The van der Waals surface area contributed by atoms with Gasteiger partial charge in [-0.05, 0) is 78.4 Å². The van der Waals surface area contributed by atoms with Crippen molar-refractivity contribution in [1.82, 2.24) is 4.90 Å². The molecule has 2 unspecified atom stereocenters. The van der Waals surface area contributed by atoms with Crippen LogP contribution in [-0.4, -0.2) is 46.1 Å². The molecule has 4 rings (SSSR count). The van der Waals surface area contributed by atoms with Crippen molar-refractivity contribution in [2.24, 2.45) is 0 Å². The zero-order valence-corrected chi connectivity index (χ0v) is 24.2. The highest BCUT2D eigenvalue weighted by Gasteiger charge is 2.35. The Bertz CT molecular complexity index is 1190. The van der Waals surface area contributed by atoms with Crippen molar-refractivity contribution >= 4 is 24.0 Å². The molecular weight excluding hydrogens is 525 g/mol. The molecular formula is C30H37Cl2NO5. The van der Waals surface area contributed by atoms with Gasteiger partial charge in [-0.15, -0.1) is 12.4 Å². The fraction of sp³-hybridized carbons (Fsp3) is 0.400. The number of ether oxygens (including phenoxy) is 5. The molecule has 0 bridgehead atoms. The van der Waals surface area contributed by atoms with Gasteiger partial charge in [0, 0.05) is 23.7 Å². The number of hydrogen-bond donors (Lipinski definition) is 0. The van der Waals surface area contributed by atoms with E-state index in [1.165, 1.54) is 11.1 Å². The van der Waals surface area contributed by atoms with Crippen LogP contribution in [-0.2, 0) is 12.8 Å². The summed E-state index contributed by atoms with van der Waals surface area (Å²) in [5.74, 6) is 3.85. The van der Waals surface area contributed by atoms with Gasteiger partial charge in [0.1, 0.15) is 17.2 Å². The van der Waals surface area contributed by atoms with Crippen LogP contribution in [0.2, 0.25) is 5.02 Å². The van der Waals surface area contributed by atoms with E-state index in [9.17, 15) is 0 Å². The van der Waals surface area contributed by atoms with Gasteiger partial charge in [-0.3, -0.25) is 4.90 Å². The lowest BCUT2D eigenvalue weighted by Crippen LogP contribution is -2.46. The van der Waals surface area contributed by atoms with Gasteiger partial charge in [0.25, 0.3) is 0 Å². The van der Waals surface area contributed by atoms with E-state index in [0.29, 0.717) is 5.02 Å². The lowest BCUT2D eigenvalue weighted by atomic mass is 9.87. The summed E-state index contributed by atoms with van der Waals surface area (Å²) in [4.78, 5) is 2.47. The summed E-state index contributed by atoms with van der Waals surface area (Å²) in [6.07, 6.45) is 3.39. The van der Waals surface area contributed by atoms with Crippen molar-refractivity contribution in [2.75, 3.05) is 35.0 Å². The van der Waals surface area contributed by atoms with Gasteiger partial charge in [0.15, 0.2) is 17.7 Å². The first-order valence-corrected chi connectivity index (χ1v) is 13.0.